The van der Waals surface area contributed by atoms with Gasteiger partial charge < -0.3 is 88.6 Å². The molecule has 0 aromatic carbocycles. The Bertz CT molecular complexity index is 778. The van der Waals surface area contributed by atoms with Crippen molar-refractivity contribution >= 4 is 0 Å². The zero-order valence-corrected chi connectivity index (χ0v) is 23.0. The van der Waals surface area contributed by atoms with E-state index < -0.39 is 111 Å². The quantitative estimate of drug-likeness (QED) is 0.0935. The van der Waals surface area contributed by atoms with Gasteiger partial charge in [-0.15, -0.1) is 0 Å². The Balaban J connectivity index is 1.81. The molecule has 17 heteroatoms. The van der Waals surface area contributed by atoms with E-state index in [4.69, 9.17) is 42.3 Å². The Morgan fingerprint density at radius 3 is 2.20 bits per heavy atom. The minimum Gasteiger partial charge on any atom is -0.394 e. The number of hydrogen-bond acceptors (Lipinski definition) is 17. The van der Waals surface area contributed by atoms with Crippen molar-refractivity contribution in [3.8, 4) is 0 Å². The van der Waals surface area contributed by atoms with Crippen LogP contribution in [0.3, 0.4) is 0 Å². The molecule has 0 spiro atoms. The number of nitrogens with one attached hydrogen (secondary N) is 2. The molecule has 1 saturated carbocycles. The molecule has 2 saturated heterocycles. The summed E-state index contributed by atoms with van der Waals surface area (Å²) in [6, 6.07) is -3.26. The first-order chi connectivity index (χ1) is 19.4. The zero-order chi connectivity index (χ0) is 30.4. The van der Waals surface area contributed by atoms with Crippen molar-refractivity contribution in [1.29, 1.82) is 0 Å². The maximum absolute atomic E-state index is 11.7. The fourth-order valence-corrected chi connectivity index (χ4v) is 5.84. The third-order valence-corrected chi connectivity index (χ3v) is 8.28. The second-order valence-electron chi connectivity index (χ2n) is 11.4. The highest BCUT2D eigenvalue weighted by molar-refractivity contribution is 5.06. The second kappa shape index (κ2) is 15.9. The normalized spacial score (nSPS) is 45.4. The SMILES string of the molecule is NCC(O)CN[C@@H]1C[C@H](N)C([C@H]2O[C@H](CNCC(O)CO)[C@@H](O)C[C@H]2N)[C@H](O)[C@H]1O[C@H]1O[C@H](CO)[C@@H](O)[C@H](N)[C@H]1O. The molecule has 242 valence electrons. The van der Waals surface area contributed by atoms with Crippen molar-refractivity contribution in [3.63, 3.8) is 0 Å². The molecule has 3 rings (SSSR count). The first-order valence-electron chi connectivity index (χ1n) is 14.1. The molecular weight excluding hydrogens is 548 g/mol. The molecule has 18 N–H and O–H groups in total. The van der Waals surface area contributed by atoms with Crippen LogP contribution in [-0.2, 0) is 14.2 Å². The molecule has 0 amide bonds. The largest absolute Gasteiger partial charge is 0.394 e. The summed E-state index contributed by atoms with van der Waals surface area (Å²) in [7, 11) is 0. The van der Waals surface area contributed by atoms with Gasteiger partial charge in [-0.1, -0.05) is 0 Å². The predicted octanol–water partition coefficient (Wildman–Crippen LogP) is -8.09. The summed E-state index contributed by atoms with van der Waals surface area (Å²) in [5.41, 5.74) is 24.4. The van der Waals surface area contributed by atoms with Crippen LogP contribution in [0.5, 0.6) is 0 Å². The maximum atomic E-state index is 11.7. The molecule has 3 aliphatic rings. The van der Waals surface area contributed by atoms with Gasteiger partial charge in [0.2, 0.25) is 0 Å². The number of aliphatic hydroxyl groups excluding tert-OH is 8. The van der Waals surface area contributed by atoms with E-state index in [1.807, 2.05) is 0 Å². The van der Waals surface area contributed by atoms with Gasteiger partial charge in [0.1, 0.15) is 24.4 Å². The van der Waals surface area contributed by atoms with Crippen LogP contribution in [-0.4, -0.2) is 172 Å². The molecule has 3 unspecified atom stereocenters. The molecule has 0 aromatic heterocycles. The minimum absolute atomic E-state index is 0.0182. The van der Waals surface area contributed by atoms with Crippen LogP contribution in [0, 0.1) is 5.92 Å². The lowest BCUT2D eigenvalue weighted by Gasteiger charge is -2.51. The van der Waals surface area contributed by atoms with E-state index in [1.54, 1.807) is 0 Å². The number of rotatable bonds is 13. The smallest absolute Gasteiger partial charge is 0.186 e. The van der Waals surface area contributed by atoms with Crippen molar-refractivity contribution in [2.24, 2.45) is 28.9 Å². The fourth-order valence-electron chi connectivity index (χ4n) is 5.84. The van der Waals surface area contributed by atoms with Crippen molar-refractivity contribution in [2.45, 2.75) is 104 Å². The standard InChI is InChI=1S/C24H50N6O11/c25-3-9(33)5-30-13-1-11(26)17(22-12(27)2-14(35)15(39-22)6-29-4-10(34)7-31)20(37)23(13)41-24-21(38)18(28)19(36)16(8-32)40-24/h9-24,29-38H,1-8,25-28H2/t9?,10?,11-,12+,13+,14-,15+,16+,17?,18-,19+,20-,21+,22-,23-,24+/m0/s1. The highest BCUT2D eigenvalue weighted by atomic mass is 16.7. The van der Waals surface area contributed by atoms with E-state index in [2.05, 4.69) is 10.6 Å². The monoisotopic (exact) mass is 598 g/mol. The average molecular weight is 599 g/mol. The average Bonchev–Trinajstić information content (AvgIpc) is 2.94. The Morgan fingerprint density at radius 2 is 1.56 bits per heavy atom. The summed E-state index contributed by atoms with van der Waals surface area (Å²) in [6.07, 6.45) is -11.9. The molecule has 0 bridgehead atoms. The molecule has 0 aromatic rings. The lowest BCUT2D eigenvalue weighted by molar-refractivity contribution is -0.307. The van der Waals surface area contributed by atoms with E-state index in [1.165, 1.54) is 0 Å². The lowest BCUT2D eigenvalue weighted by Crippen LogP contribution is -2.70. The van der Waals surface area contributed by atoms with Gasteiger partial charge in [0.05, 0.1) is 55.9 Å². The second-order valence-corrected chi connectivity index (χ2v) is 11.4. The molecule has 2 aliphatic heterocycles. The molecule has 1 aliphatic carbocycles. The molecule has 0 radical (unpaired) electrons. The number of nitrogens with two attached hydrogens (primary N) is 4. The van der Waals surface area contributed by atoms with Gasteiger partial charge in [-0.05, 0) is 12.8 Å². The van der Waals surface area contributed by atoms with Crippen LogP contribution in [0.1, 0.15) is 12.8 Å². The fraction of sp³-hybridized carbons (Fsp3) is 1.00. The summed E-state index contributed by atoms with van der Waals surface area (Å²) >= 11 is 0. The first kappa shape index (κ1) is 34.8. The van der Waals surface area contributed by atoms with Crippen LogP contribution in [0.15, 0.2) is 0 Å². The van der Waals surface area contributed by atoms with E-state index in [-0.39, 0.29) is 39.0 Å². The van der Waals surface area contributed by atoms with E-state index in [0.29, 0.717) is 0 Å². The van der Waals surface area contributed by atoms with Gasteiger partial charge in [-0.3, -0.25) is 0 Å². The van der Waals surface area contributed by atoms with E-state index >= 15 is 0 Å². The van der Waals surface area contributed by atoms with Crippen molar-refractivity contribution in [3.05, 3.63) is 0 Å². The summed E-state index contributed by atoms with van der Waals surface area (Å²) in [5, 5.41) is 87.4. The Hall–Kier alpha value is -0.680. The first-order valence-corrected chi connectivity index (χ1v) is 14.1. The zero-order valence-electron chi connectivity index (χ0n) is 23.0. The summed E-state index contributed by atoms with van der Waals surface area (Å²) in [4.78, 5) is 0. The van der Waals surface area contributed by atoms with Crippen LogP contribution in [0.25, 0.3) is 0 Å². The van der Waals surface area contributed by atoms with Gasteiger partial charge in [0.25, 0.3) is 0 Å². The molecule has 16 atom stereocenters. The van der Waals surface area contributed by atoms with E-state index in [0.717, 1.165) is 0 Å². The highest BCUT2D eigenvalue weighted by Crippen LogP contribution is 2.36. The van der Waals surface area contributed by atoms with Gasteiger partial charge in [0, 0.05) is 50.2 Å². The number of aliphatic hydroxyl groups is 8. The Labute approximate surface area is 238 Å². The van der Waals surface area contributed by atoms with Crippen LogP contribution in [0.4, 0.5) is 0 Å². The molecule has 2 heterocycles. The van der Waals surface area contributed by atoms with E-state index in [9.17, 15) is 35.7 Å². The van der Waals surface area contributed by atoms with Crippen LogP contribution < -0.4 is 33.6 Å². The summed E-state index contributed by atoms with van der Waals surface area (Å²) in [5.74, 6) is -0.806. The topological polar surface area (TPSA) is 318 Å². The molecular formula is C24H50N6O11. The third-order valence-electron chi connectivity index (χ3n) is 8.28. The molecule has 41 heavy (non-hydrogen) atoms. The van der Waals surface area contributed by atoms with Gasteiger partial charge in [0.15, 0.2) is 6.29 Å². The number of ether oxygens (including phenoxy) is 3. The Morgan fingerprint density at radius 1 is 0.854 bits per heavy atom. The van der Waals surface area contributed by atoms with Gasteiger partial charge in [-0.2, -0.15) is 0 Å². The van der Waals surface area contributed by atoms with Crippen LogP contribution in [0.2, 0.25) is 0 Å². The highest BCUT2D eigenvalue weighted by Gasteiger charge is 2.53. The van der Waals surface area contributed by atoms with Gasteiger partial charge >= 0.3 is 0 Å². The maximum Gasteiger partial charge on any atom is 0.186 e. The van der Waals surface area contributed by atoms with Crippen molar-refractivity contribution in [1.82, 2.24) is 10.6 Å². The van der Waals surface area contributed by atoms with Crippen molar-refractivity contribution in [2.75, 3.05) is 39.4 Å². The summed E-state index contributed by atoms with van der Waals surface area (Å²) in [6.45, 7) is -0.793. The minimum atomic E-state index is -1.50. The van der Waals surface area contributed by atoms with Gasteiger partial charge in [-0.25, -0.2) is 0 Å². The predicted molar refractivity (Wildman–Crippen MR) is 143 cm³/mol. The van der Waals surface area contributed by atoms with Crippen LogP contribution >= 0.6 is 0 Å². The third kappa shape index (κ3) is 8.49. The lowest BCUT2D eigenvalue weighted by atomic mass is 9.72. The van der Waals surface area contributed by atoms with Crippen molar-refractivity contribution < 1.29 is 55.1 Å². The number of hydrogen-bond donors (Lipinski definition) is 14. The molecule has 17 nitrogen and oxygen atoms in total. The molecule has 3 fully saturated rings. The Kier molecular flexibility index (Phi) is 13.5. The summed E-state index contributed by atoms with van der Waals surface area (Å²) < 4.78 is 17.8.